The highest BCUT2D eigenvalue weighted by atomic mass is 79.9. The van der Waals surface area contributed by atoms with Crippen LogP contribution in [0.15, 0.2) is 10.7 Å². The molecule has 1 heterocycles. The van der Waals surface area contributed by atoms with Gasteiger partial charge in [0.05, 0.1) is 5.56 Å². The van der Waals surface area contributed by atoms with Crippen LogP contribution in [0.1, 0.15) is 22.5 Å². The molecule has 1 aromatic rings. The van der Waals surface area contributed by atoms with Crippen LogP contribution in [0.5, 0.6) is 0 Å². The molecule has 0 aromatic carbocycles. The lowest BCUT2D eigenvalue weighted by Crippen LogP contribution is -2.15. The van der Waals surface area contributed by atoms with Crippen molar-refractivity contribution in [2.45, 2.75) is 6.43 Å². The number of rotatable bonds is 2. The number of pyridine rings is 1. The number of carbonyl (C=O) groups is 1. The van der Waals surface area contributed by atoms with Crippen molar-refractivity contribution in [2.75, 3.05) is 5.73 Å². The number of primary amides is 1. The zero-order chi connectivity index (χ0) is 10.9. The molecule has 0 fully saturated rings. The maximum Gasteiger partial charge on any atom is 0.280 e. The predicted octanol–water partition coefficient (Wildman–Crippen LogP) is 1.46. The monoisotopic (exact) mass is 265 g/mol. The number of anilines is 1. The van der Waals surface area contributed by atoms with E-state index in [1.54, 1.807) is 0 Å². The Hall–Kier alpha value is -1.24. The number of nitrogens with two attached hydrogens (primary N) is 2. The summed E-state index contributed by atoms with van der Waals surface area (Å²) in [6.07, 6.45) is -2.74. The first-order valence-electron chi connectivity index (χ1n) is 3.47. The molecule has 1 aromatic heterocycles. The summed E-state index contributed by atoms with van der Waals surface area (Å²) in [5, 5.41) is 0. The molecule has 0 saturated carbocycles. The number of carbonyl (C=O) groups excluding carboxylic acids is 1. The Labute approximate surface area is 86.4 Å². The smallest absolute Gasteiger partial charge is 0.280 e. The Kier molecular flexibility index (Phi) is 3.00. The van der Waals surface area contributed by atoms with E-state index in [1.165, 1.54) is 0 Å². The van der Waals surface area contributed by atoms with Gasteiger partial charge < -0.3 is 11.5 Å². The number of hydrogen-bond acceptors (Lipinski definition) is 3. The van der Waals surface area contributed by atoms with Gasteiger partial charge in [-0.15, -0.1) is 0 Å². The summed E-state index contributed by atoms with van der Waals surface area (Å²) >= 11 is 2.84. The van der Waals surface area contributed by atoms with E-state index in [2.05, 4.69) is 20.9 Å². The van der Waals surface area contributed by atoms with Crippen LogP contribution in [0.25, 0.3) is 0 Å². The molecule has 0 spiro atoms. The van der Waals surface area contributed by atoms with Crippen molar-refractivity contribution in [3.63, 3.8) is 0 Å². The van der Waals surface area contributed by atoms with Gasteiger partial charge in [0.2, 0.25) is 0 Å². The second-order valence-corrected chi connectivity index (χ2v) is 3.22. The highest BCUT2D eigenvalue weighted by molar-refractivity contribution is 9.10. The van der Waals surface area contributed by atoms with Gasteiger partial charge in [-0.3, -0.25) is 4.79 Å². The second-order valence-electron chi connectivity index (χ2n) is 2.47. The minimum Gasteiger partial charge on any atom is -0.398 e. The maximum atomic E-state index is 12.2. The van der Waals surface area contributed by atoms with Crippen molar-refractivity contribution in [1.29, 1.82) is 0 Å². The number of halogens is 3. The third-order valence-corrected chi connectivity index (χ3v) is 2.07. The van der Waals surface area contributed by atoms with Gasteiger partial charge in [-0.1, -0.05) is 0 Å². The highest BCUT2D eigenvalue weighted by Crippen LogP contribution is 2.26. The number of alkyl halides is 2. The summed E-state index contributed by atoms with van der Waals surface area (Å²) < 4.78 is 24.3. The van der Waals surface area contributed by atoms with Gasteiger partial charge in [-0.05, 0) is 22.0 Å². The van der Waals surface area contributed by atoms with Crippen LogP contribution in [0.3, 0.4) is 0 Å². The third-order valence-electron chi connectivity index (χ3n) is 1.50. The Morgan fingerprint density at radius 2 is 2.14 bits per heavy atom. The van der Waals surface area contributed by atoms with Crippen LogP contribution < -0.4 is 11.5 Å². The van der Waals surface area contributed by atoms with Crippen molar-refractivity contribution in [3.05, 3.63) is 21.9 Å². The van der Waals surface area contributed by atoms with Crippen molar-refractivity contribution in [2.24, 2.45) is 5.73 Å². The zero-order valence-corrected chi connectivity index (χ0v) is 8.38. The van der Waals surface area contributed by atoms with Crippen LogP contribution in [0.4, 0.5) is 14.5 Å². The van der Waals surface area contributed by atoms with Gasteiger partial charge in [-0.2, -0.15) is 0 Å². The van der Waals surface area contributed by atoms with E-state index in [9.17, 15) is 13.6 Å². The van der Waals surface area contributed by atoms with Gasteiger partial charge in [-0.25, -0.2) is 13.8 Å². The molecule has 7 heteroatoms. The minimum atomic E-state index is -2.74. The largest absolute Gasteiger partial charge is 0.398 e. The summed E-state index contributed by atoms with van der Waals surface area (Å²) in [6.45, 7) is 0. The van der Waals surface area contributed by atoms with Gasteiger partial charge in [0.15, 0.2) is 0 Å². The molecule has 0 unspecified atom stereocenters. The minimum absolute atomic E-state index is 0.0692. The summed E-state index contributed by atoms with van der Waals surface area (Å²) in [6, 6.07) is 0.926. The second kappa shape index (κ2) is 3.87. The summed E-state index contributed by atoms with van der Waals surface area (Å²) in [5.74, 6) is -0.817. The molecule has 1 rings (SSSR count). The maximum absolute atomic E-state index is 12.2. The molecule has 1 amide bonds. The van der Waals surface area contributed by atoms with Crippen molar-refractivity contribution in [3.8, 4) is 0 Å². The molecule has 76 valence electrons. The number of nitrogen functional groups attached to an aromatic ring is 1. The third kappa shape index (κ3) is 1.98. The van der Waals surface area contributed by atoms with E-state index in [-0.39, 0.29) is 15.9 Å². The highest BCUT2D eigenvalue weighted by Gasteiger charge is 2.17. The van der Waals surface area contributed by atoms with E-state index in [0.717, 1.165) is 6.07 Å². The molecular weight excluding hydrogens is 260 g/mol. The molecular formula is C7H6BrF2N3O. The number of amides is 1. The first-order chi connectivity index (χ1) is 6.43. The predicted molar refractivity (Wildman–Crippen MR) is 49.8 cm³/mol. The number of nitrogens with zero attached hydrogens (tertiary/aromatic N) is 1. The quantitative estimate of drug-likeness (QED) is 0.795. The molecule has 4 nitrogen and oxygen atoms in total. The van der Waals surface area contributed by atoms with E-state index in [4.69, 9.17) is 11.5 Å². The van der Waals surface area contributed by atoms with Crippen LogP contribution in [0, 0.1) is 0 Å². The van der Waals surface area contributed by atoms with E-state index in [0.29, 0.717) is 0 Å². The Morgan fingerprint density at radius 1 is 1.57 bits per heavy atom. The van der Waals surface area contributed by atoms with Gasteiger partial charge >= 0.3 is 0 Å². The zero-order valence-electron chi connectivity index (χ0n) is 6.80. The summed E-state index contributed by atoms with van der Waals surface area (Å²) in [7, 11) is 0. The standard InChI is InChI=1S/C7H6BrF2N3O/c8-5-4(7(12)14)2(11)1-3(13-5)6(9)10/h1,6H,(H2,11,13)(H2,12,14). The van der Waals surface area contributed by atoms with Gasteiger partial charge in [0.1, 0.15) is 10.3 Å². The molecule has 0 aliphatic carbocycles. The van der Waals surface area contributed by atoms with Crippen LogP contribution >= 0.6 is 15.9 Å². The summed E-state index contributed by atoms with van der Waals surface area (Å²) in [4.78, 5) is 14.2. The molecule has 0 radical (unpaired) electrons. The molecule has 0 aliphatic rings. The fraction of sp³-hybridized carbons (Fsp3) is 0.143. The molecule has 0 saturated heterocycles. The fourth-order valence-electron chi connectivity index (χ4n) is 0.908. The van der Waals surface area contributed by atoms with Crippen molar-refractivity contribution in [1.82, 2.24) is 4.98 Å². The lowest BCUT2D eigenvalue weighted by atomic mass is 10.2. The topological polar surface area (TPSA) is 82.0 Å². The van der Waals surface area contributed by atoms with E-state index in [1.807, 2.05) is 0 Å². The Morgan fingerprint density at radius 3 is 2.50 bits per heavy atom. The fourth-order valence-corrected chi connectivity index (χ4v) is 1.54. The van der Waals surface area contributed by atoms with Crippen LogP contribution in [0.2, 0.25) is 0 Å². The normalized spacial score (nSPS) is 10.6. The van der Waals surface area contributed by atoms with Crippen molar-refractivity contribution < 1.29 is 13.6 Å². The Balaban J connectivity index is 3.32. The average Bonchev–Trinajstić information content (AvgIpc) is 2.01. The lowest BCUT2D eigenvalue weighted by Gasteiger charge is -2.06. The van der Waals surface area contributed by atoms with Crippen LogP contribution in [-0.4, -0.2) is 10.9 Å². The number of hydrogen-bond donors (Lipinski definition) is 2. The SMILES string of the molecule is NC(=O)c1c(N)cc(C(F)F)nc1Br. The summed E-state index contributed by atoms with van der Waals surface area (Å²) in [5.41, 5.74) is 9.62. The Bertz CT molecular complexity index is 360. The molecule has 4 N–H and O–H groups in total. The van der Waals surface area contributed by atoms with Crippen molar-refractivity contribution >= 4 is 27.5 Å². The average molecular weight is 266 g/mol. The number of aromatic nitrogens is 1. The molecule has 0 atom stereocenters. The first kappa shape index (κ1) is 10.8. The van der Waals surface area contributed by atoms with Gasteiger partial charge in [0.25, 0.3) is 12.3 Å². The molecule has 0 aliphatic heterocycles. The van der Waals surface area contributed by atoms with E-state index < -0.39 is 18.0 Å². The van der Waals surface area contributed by atoms with E-state index >= 15 is 0 Å². The molecule has 14 heavy (non-hydrogen) atoms. The van der Waals surface area contributed by atoms with Gasteiger partial charge in [0, 0.05) is 5.69 Å². The molecule has 0 bridgehead atoms. The first-order valence-corrected chi connectivity index (χ1v) is 4.26. The lowest BCUT2D eigenvalue weighted by molar-refractivity contribution is 0.0999. The van der Waals surface area contributed by atoms with Crippen LogP contribution in [-0.2, 0) is 0 Å².